The zero-order valence-corrected chi connectivity index (χ0v) is 23.1. The molecule has 1 aliphatic heterocycles. The molecule has 1 aliphatic rings. The van der Waals surface area contributed by atoms with Crippen molar-refractivity contribution >= 4 is 28.9 Å². The van der Waals surface area contributed by atoms with Crippen LogP contribution < -0.4 is 10.6 Å². The number of anilines is 1. The third-order valence-electron chi connectivity index (χ3n) is 7.33. The van der Waals surface area contributed by atoms with Crippen molar-refractivity contribution in [2.24, 2.45) is 0 Å². The van der Waals surface area contributed by atoms with Crippen LogP contribution in [0.3, 0.4) is 0 Å². The van der Waals surface area contributed by atoms with E-state index < -0.39 is 5.82 Å². The van der Waals surface area contributed by atoms with Crippen LogP contribution in [-0.2, 0) is 11.2 Å². The van der Waals surface area contributed by atoms with E-state index in [1.165, 1.54) is 17.3 Å². The average Bonchev–Trinajstić information content (AvgIpc) is 3.43. The summed E-state index contributed by atoms with van der Waals surface area (Å²) in [5.74, 6) is -0.734. The van der Waals surface area contributed by atoms with Crippen molar-refractivity contribution in [2.45, 2.75) is 45.7 Å². The summed E-state index contributed by atoms with van der Waals surface area (Å²) in [7, 11) is 0. The van der Waals surface area contributed by atoms with E-state index in [1.807, 2.05) is 18.2 Å². The summed E-state index contributed by atoms with van der Waals surface area (Å²) >= 11 is 5.80. The van der Waals surface area contributed by atoms with Gasteiger partial charge >= 0.3 is 0 Å². The minimum absolute atomic E-state index is 0.152. The number of carbonyl (C=O) groups excluding carboxylic acids is 1. The number of para-hydroxylation sites is 2. The Balaban J connectivity index is 1.49. The van der Waals surface area contributed by atoms with Crippen LogP contribution in [0, 0.1) is 19.7 Å². The highest BCUT2D eigenvalue weighted by molar-refractivity contribution is 7.80. The van der Waals surface area contributed by atoms with Crippen LogP contribution in [0.15, 0.2) is 79.0 Å². The number of thiocarbonyl (C=S) groups is 1. The van der Waals surface area contributed by atoms with Crippen molar-refractivity contribution in [2.75, 3.05) is 11.9 Å². The predicted octanol–water partition coefficient (Wildman–Crippen LogP) is 6.19. The number of hydrogen-bond acceptors (Lipinski definition) is 3. The van der Waals surface area contributed by atoms with E-state index in [1.54, 1.807) is 24.4 Å². The first kappa shape index (κ1) is 26.6. The van der Waals surface area contributed by atoms with Crippen LogP contribution in [0.4, 0.5) is 10.1 Å². The van der Waals surface area contributed by atoms with Gasteiger partial charge in [-0.1, -0.05) is 43.3 Å². The van der Waals surface area contributed by atoms with E-state index in [4.69, 9.17) is 12.2 Å². The molecule has 39 heavy (non-hydrogen) atoms. The molecule has 0 radical (unpaired) electrons. The molecule has 1 saturated heterocycles. The fourth-order valence-corrected chi connectivity index (χ4v) is 5.80. The van der Waals surface area contributed by atoms with Gasteiger partial charge in [0.1, 0.15) is 5.82 Å². The lowest BCUT2D eigenvalue weighted by molar-refractivity contribution is -0.116. The fraction of sp³-hybridized carbons (Fsp3) is 0.258. The first-order valence-electron chi connectivity index (χ1n) is 13.2. The number of pyridine rings is 1. The van der Waals surface area contributed by atoms with Crippen LogP contribution in [0.1, 0.15) is 53.6 Å². The molecule has 8 heteroatoms. The van der Waals surface area contributed by atoms with Crippen molar-refractivity contribution in [1.29, 1.82) is 0 Å². The number of amides is 1. The molecule has 2 atom stereocenters. The first-order chi connectivity index (χ1) is 18.9. The van der Waals surface area contributed by atoms with Gasteiger partial charge in [-0.15, -0.1) is 0 Å². The topological polar surface area (TPSA) is 62.2 Å². The lowest BCUT2D eigenvalue weighted by atomic mass is 9.96. The Hall–Kier alpha value is -4.04. The van der Waals surface area contributed by atoms with Crippen LogP contribution in [0.25, 0.3) is 5.69 Å². The first-order valence-corrected chi connectivity index (χ1v) is 13.6. The van der Waals surface area contributed by atoms with Gasteiger partial charge in [0.25, 0.3) is 0 Å². The Bertz CT molecular complexity index is 1500. The number of hydrogen-bond donors (Lipinski definition) is 2. The molecule has 0 spiro atoms. The minimum Gasteiger partial charge on any atom is -0.352 e. The Labute approximate surface area is 233 Å². The highest BCUT2D eigenvalue weighted by Gasteiger charge is 2.41. The highest BCUT2D eigenvalue weighted by atomic mass is 32.1. The summed E-state index contributed by atoms with van der Waals surface area (Å²) in [6.07, 6.45) is 2.86. The minimum atomic E-state index is -0.461. The van der Waals surface area contributed by atoms with Gasteiger partial charge in [0, 0.05) is 36.2 Å². The lowest BCUT2D eigenvalue weighted by Crippen LogP contribution is -2.33. The number of benzene rings is 2. The summed E-state index contributed by atoms with van der Waals surface area (Å²) < 4.78 is 16.4. The van der Waals surface area contributed by atoms with Crippen LogP contribution in [0.2, 0.25) is 0 Å². The maximum atomic E-state index is 14.1. The summed E-state index contributed by atoms with van der Waals surface area (Å²) in [5, 5.41) is 6.71. The largest absolute Gasteiger partial charge is 0.352 e. The third kappa shape index (κ3) is 5.29. The molecule has 0 bridgehead atoms. The third-order valence-corrected chi connectivity index (χ3v) is 7.68. The average molecular weight is 542 g/mol. The Morgan fingerprint density at radius 2 is 1.82 bits per heavy atom. The van der Waals surface area contributed by atoms with Gasteiger partial charge in [0.15, 0.2) is 5.11 Å². The zero-order valence-electron chi connectivity index (χ0n) is 22.3. The lowest BCUT2D eigenvalue weighted by Gasteiger charge is -2.28. The second-order valence-corrected chi connectivity index (χ2v) is 10.1. The number of carbonyl (C=O) groups is 1. The van der Waals surface area contributed by atoms with E-state index in [0.29, 0.717) is 11.7 Å². The molecule has 0 saturated carbocycles. The van der Waals surface area contributed by atoms with Gasteiger partial charge < -0.3 is 20.1 Å². The molecule has 1 amide bonds. The summed E-state index contributed by atoms with van der Waals surface area (Å²) in [4.78, 5) is 19.5. The molecule has 5 rings (SSSR count). The van der Waals surface area contributed by atoms with Gasteiger partial charge in [-0.05, 0) is 80.0 Å². The SMILES string of the molecule is CCc1ccccc1-n1c(C)cc([C@H]2[C@H](c3ccccn3)NC(=S)N2CCC(=O)Nc2ccccc2F)c1C. The fourth-order valence-electron chi connectivity index (χ4n) is 5.47. The van der Waals surface area contributed by atoms with Gasteiger partial charge in [0.2, 0.25) is 5.91 Å². The van der Waals surface area contributed by atoms with E-state index in [-0.39, 0.29) is 30.1 Å². The highest BCUT2D eigenvalue weighted by Crippen LogP contribution is 2.41. The number of aryl methyl sites for hydroxylation is 2. The van der Waals surface area contributed by atoms with Crippen molar-refractivity contribution in [3.8, 4) is 5.69 Å². The van der Waals surface area contributed by atoms with E-state index in [0.717, 1.165) is 29.1 Å². The quantitative estimate of drug-likeness (QED) is 0.261. The molecule has 0 aliphatic carbocycles. The molecule has 0 unspecified atom stereocenters. The molecule has 200 valence electrons. The second-order valence-electron chi connectivity index (χ2n) is 9.74. The predicted molar refractivity (Wildman–Crippen MR) is 156 cm³/mol. The van der Waals surface area contributed by atoms with Crippen LogP contribution in [-0.4, -0.2) is 32.0 Å². The van der Waals surface area contributed by atoms with Crippen LogP contribution in [0.5, 0.6) is 0 Å². The van der Waals surface area contributed by atoms with Gasteiger partial charge in [-0.3, -0.25) is 9.78 Å². The molecule has 1 fully saturated rings. The molecule has 2 N–H and O–H groups in total. The normalized spacial score (nSPS) is 16.8. The Kier molecular flexibility index (Phi) is 7.74. The summed E-state index contributed by atoms with van der Waals surface area (Å²) in [6, 6.07) is 22.3. The van der Waals surface area contributed by atoms with Crippen molar-refractivity contribution in [3.05, 3.63) is 113 Å². The van der Waals surface area contributed by atoms with Crippen LogP contribution >= 0.6 is 12.2 Å². The molecule has 4 aromatic rings. The number of nitrogens with zero attached hydrogens (tertiary/aromatic N) is 3. The van der Waals surface area contributed by atoms with Crippen molar-refractivity contribution < 1.29 is 9.18 Å². The second kappa shape index (κ2) is 11.4. The number of nitrogens with one attached hydrogen (secondary N) is 2. The Morgan fingerprint density at radius 3 is 2.56 bits per heavy atom. The number of rotatable bonds is 8. The van der Waals surface area contributed by atoms with Crippen molar-refractivity contribution in [3.63, 3.8) is 0 Å². The summed E-state index contributed by atoms with van der Waals surface area (Å²) in [5.41, 5.74) is 6.85. The standard InChI is InChI=1S/C31H32FN5OS/c1-4-22-11-5-8-15-27(22)37-20(2)19-23(21(37)3)30-29(26-14-9-10-17-33-26)35-31(39)36(30)18-16-28(38)34-25-13-7-6-12-24(25)32/h5-15,17,19,29-30H,4,16,18H2,1-3H3,(H,34,38)(H,35,39)/t29-,30-/m0/s1. The monoisotopic (exact) mass is 541 g/mol. The number of aromatic nitrogens is 2. The molecule has 2 aromatic carbocycles. The molecule has 6 nitrogen and oxygen atoms in total. The van der Waals surface area contributed by atoms with E-state index >= 15 is 0 Å². The summed E-state index contributed by atoms with van der Waals surface area (Å²) in [6.45, 7) is 6.79. The van der Waals surface area contributed by atoms with E-state index in [2.05, 4.69) is 76.2 Å². The van der Waals surface area contributed by atoms with Gasteiger partial charge in [-0.2, -0.15) is 0 Å². The van der Waals surface area contributed by atoms with Gasteiger partial charge in [-0.25, -0.2) is 4.39 Å². The number of halogens is 1. The molecular formula is C31H32FN5OS. The molecular weight excluding hydrogens is 509 g/mol. The van der Waals surface area contributed by atoms with Gasteiger partial charge in [0.05, 0.1) is 23.5 Å². The maximum absolute atomic E-state index is 14.1. The van der Waals surface area contributed by atoms with E-state index in [9.17, 15) is 9.18 Å². The molecule has 2 aromatic heterocycles. The van der Waals surface area contributed by atoms with Crippen molar-refractivity contribution in [1.82, 2.24) is 19.8 Å². The smallest absolute Gasteiger partial charge is 0.226 e. The Morgan fingerprint density at radius 1 is 1.08 bits per heavy atom. The maximum Gasteiger partial charge on any atom is 0.226 e. The zero-order chi connectivity index (χ0) is 27.5. The molecule has 3 heterocycles.